The van der Waals surface area contributed by atoms with Crippen molar-refractivity contribution in [2.24, 2.45) is 19.5 Å². The number of benzene rings is 1. The van der Waals surface area contributed by atoms with E-state index >= 15 is 0 Å². The number of ketones is 1. The van der Waals surface area contributed by atoms with E-state index in [1.54, 1.807) is 14.2 Å². The van der Waals surface area contributed by atoms with Crippen LogP contribution in [0.4, 0.5) is 5.82 Å². The summed E-state index contributed by atoms with van der Waals surface area (Å²) in [7, 11) is 4.68. The number of fused-ring (bicyclic) bond motifs is 1. The lowest BCUT2D eigenvalue weighted by molar-refractivity contribution is -0.118. The molecule has 2 aromatic rings. The van der Waals surface area contributed by atoms with Crippen LogP contribution in [0.15, 0.2) is 45.1 Å². The normalized spacial score (nSPS) is 20.0. The maximum atomic E-state index is 13.2. The molecule has 1 aliphatic carbocycles. The topological polar surface area (TPSA) is 82.3 Å². The summed E-state index contributed by atoms with van der Waals surface area (Å²) in [6.07, 6.45) is 1.08. The number of carbonyl (C=O) groups is 1. The van der Waals surface area contributed by atoms with Crippen molar-refractivity contribution in [3.63, 3.8) is 0 Å². The molecular formula is C22H25N3O4. The zero-order chi connectivity index (χ0) is 21.1. The minimum atomic E-state index is -0.551. The maximum Gasteiger partial charge on any atom is 0.332 e. The minimum Gasteiger partial charge on any atom is -0.497 e. The average Bonchev–Trinajstić information content (AvgIpc) is 2.68. The number of aromatic nitrogens is 2. The van der Waals surface area contributed by atoms with Crippen molar-refractivity contribution in [3.8, 4) is 5.75 Å². The Balaban J connectivity index is 2.07. The predicted octanol–water partition coefficient (Wildman–Crippen LogP) is 2.29. The Morgan fingerprint density at radius 1 is 1.10 bits per heavy atom. The molecule has 2 heterocycles. The summed E-state index contributed by atoms with van der Waals surface area (Å²) in [5.41, 5.74) is 1.61. The van der Waals surface area contributed by atoms with Crippen LogP contribution in [0.1, 0.15) is 43.7 Å². The molecule has 29 heavy (non-hydrogen) atoms. The van der Waals surface area contributed by atoms with Crippen LogP contribution in [0.3, 0.4) is 0 Å². The Labute approximate surface area is 168 Å². The van der Waals surface area contributed by atoms with Crippen LogP contribution in [0, 0.1) is 5.41 Å². The lowest BCUT2D eigenvalue weighted by Crippen LogP contribution is -2.45. The highest BCUT2D eigenvalue weighted by Gasteiger charge is 2.42. The first-order valence-electron chi connectivity index (χ1n) is 9.62. The van der Waals surface area contributed by atoms with Crippen LogP contribution in [0.2, 0.25) is 0 Å². The molecule has 1 aromatic heterocycles. The highest BCUT2D eigenvalue weighted by atomic mass is 16.5. The number of methoxy groups -OCH3 is 1. The molecule has 152 valence electrons. The monoisotopic (exact) mass is 395 g/mol. The van der Waals surface area contributed by atoms with E-state index in [0.29, 0.717) is 35.5 Å². The summed E-state index contributed by atoms with van der Waals surface area (Å²) in [5.74, 6) is 0.578. The molecule has 0 spiro atoms. The molecule has 0 fully saturated rings. The predicted molar refractivity (Wildman–Crippen MR) is 110 cm³/mol. The summed E-state index contributed by atoms with van der Waals surface area (Å²) < 4.78 is 7.91. The van der Waals surface area contributed by atoms with E-state index in [2.05, 4.69) is 19.2 Å². The molecule has 0 saturated heterocycles. The molecule has 1 atom stereocenters. The first kappa shape index (κ1) is 19.2. The standard InChI is InChI=1S/C22H25N3O4/c1-22(2)10-14-17(15(26)11-22)16(12-7-6-8-13(9-12)29-5)18-19(23-14)24(3)21(28)25(4)20(18)27/h6-9,16,23H,10-11H2,1-5H3/t16-/m1/s1. The molecule has 0 saturated carbocycles. The molecule has 1 aliphatic heterocycles. The number of anilines is 1. The summed E-state index contributed by atoms with van der Waals surface area (Å²) in [5, 5.41) is 3.27. The van der Waals surface area contributed by atoms with Crippen molar-refractivity contribution in [2.75, 3.05) is 12.4 Å². The van der Waals surface area contributed by atoms with E-state index in [0.717, 1.165) is 15.8 Å². The van der Waals surface area contributed by atoms with Crippen LogP contribution in [-0.2, 0) is 18.9 Å². The zero-order valence-corrected chi connectivity index (χ0v) is 17.3. The zero-order valence-electron chi connectivity index (χ0n) is 17.3. The van der Waals surface area contributed by atoms with Gasteiger partial charge in [0.05, 0.1) is 12.7 Å². The van der Waals surface area contributed by atoms with Gasteiger partial charge in [-0.1, -0.05) is 26.0 Å². The summed E-state index contributed by atoms with van der Waals surface area (Å²) >= 11 is 0. The van der Waals surface area contributed by atoms with Crippen LogP contribution < -0.4 is 21.3 Å². The van der Waals surface area contributed by atoms with E-state index in [9.17, 15) is 14.4 Å². The van der Waals surface area contributed by atoms with Gasteiger partial charge in [0, 0.05) is 37.7 Å². The lowest BCUT2D eigenvalue weighted by Gasteiger charge is -2.39. The Hall–Kier alpha value is -3.09. The second-order valence-corrected chi connectivity index (χ2v) is 8.64. The van der Waals surface area contributed by atoms with Crippen molar-refractivity contribution < 1.29 is 9.53 Å². The number of allylic oxidation sites excluding steroid dienone is 2. The van der Waals surface area contributed by atoms with Crippen LogP contribution in [0.25, 0.3) is 0 Å². The fourth-order valence-corrected chi connectivity index (χ4v) is 4.50. The van der Waals surface area contributed by atoms with Gasteiger partial charge in [0.1, 0.15) is 11.6 Å². The maximum absolute atomic E-state index is 13.2. The number of hydrogen-bond donors (Lipinski definition) is 1. The average molecular weight is 395 g/mol. The van der Waals surface area contributed by atoms with Gasteiger partial charge >= 0.3 is 5.69 Å². The van der Waals surface area contributed by atoms with Crippen molar-refractivity contribution >= 4 is 11.6 Å². The highest BCUT2D eigenvalue weighted by Crippen LogP contribution is 2.47. The molecule has 2 aliphatic rings. The van der Waals surface area contributed by atoms with Crippen molar-refractivity contribution in [3.05, 3.63) is 67.5 Å². The molecule has 0 bridgehead atoms. The van der Waals surface area contributed by atoms with Crippen molar-refractivity contribution in [1.29, 1.82) is 0 Å². The van der Waals surface area contributed by atoms with Crippen LogP contribution >= 0.6 is 0 Å². The molecule has 7 heteroatoms. The molecule has 1 N–H and O–H groups in total. The molecule has 0 amide bonds. The number of Topliss-reactive ketones (excluding diaryl/α,β-unsaturated/α-hetero) is 1. The van der Waals surface area contributed by atoms with Gasteiger partial charge in [-0.05, 0) is 29.5 Å². The molecular weight excluding hydrogens is 370 g/mol. The van der Waals surface area contributed by atoms with E-state index in [1.807, 2.05) is 24.3 Å². The third kappa shape index (κ3) is 2.92. The first-order valence-corrected chi connectivity index (χ1v) is 9.62. The van der Waals surface area contributed by atoms with E-state index in [4.69, 9.17) is 4.74 Å². The van der Waals surface area contributed by atoms with Crippen molar-refractivity contribution in [2.45, 2.75) is 32.6 Å². The van der Waals surface area contributed by atoms with E-state index < -0.39 is 17.2 Å². The quantitative estimate of drug-likeness (QED) is 0.844. The second-order valence-electron chi connectivity index (χ2n) is 8.64. The Morgan fingerprint density at radius 2 is 1.83 bits per heavy atom. The number of nitrogens with zero attached hydrogens (tertiary/aromatic N) is 2. The molecule has 0 radical (unpaired) electrons. The number of ether oxygens (including phenoxy) is 1. The smallest absolute Gasteiger partial charge is 0.332 e. The lowest BCUT2D eigenvalue weighted by atomic mass is 9.69. The van der Waals surface area contributed by atoms with Gasteiger partial charge in [0.25, 0.3) is 5.56 Å². The van der Waals surface area contributed by atoms with Gasteiger partial charge in [-0.25, -0.2) is 4.79 Å². The minimum absolute atomic E-state index is 0.0260. The van der Waals surface area contributed by atoms with E-state index in [1.165, 1.54) is 11.6 Å². The Kier molecular flexibility index (Phi) is 4.29. The fourth-order valence-electron chi connectivity index (χ4n) is 4.50. The van der Waals surface area contributed by atoms with Crippen LogP contribution in [-0.4, -0.2) is 22.0 Å². The fraction of sp³-hybridized carbons (Fsp3) is 0.409. The van der Waals surface area contributed by atoms with Crippen molar-refractivity contribution in [1.82, 2.24) is 9.13 Å². The number of nitrogens with one attached hydrogen (secondary N) is 1. The number of carbonyl (C=O) groups excluding carboxylic acids is 1. The third-order valence-electron chi connectivity index (χ3n) is 5.89. The molecule has 4 rings (SSSR count). The highest BCUT2D eigenvalue weighted by molar-refractivity contribution is 6.01. The van der Waals surface area contributed by atoms with Crippen LogP contribution in [0.5, 0.6) is 5.75 Å². The summed E-state index contributed by atoms with van der Waals surface area (Å²) in [4.78, 5) is 39.0. The largest absolute Gasteiger partial charge is 0.497 e. The van der Waals surface area contributed by atoms with Gasteiger partial charge < -0.3 is 10.1 Å². The first-order chi connectivity index (χ1) is 13.6. The number of rotatable bonds is 2. The van der Waals surface area contributed by atoms with Gasteiger partial charge in [-0.2, -0.15) is 0 Å². The molecule has 7 nitrogen and oxygen atoms in total. The summed E-state index contributed by atoms with van der Waals surface area (Å²) in [6.45, 7) is 4.10. The van der Waals surface area contributed by atoms with E-state index in [-0.39, 0.29) is 11.2 Å². The number of hydrogen-bond acceptors (Lipinski definition) is 5. The Bertz CT molecular complexity index is 1180. The third-order valence-corrected chi connectivity index (χ3v) is 5.89. The van der Waals surface area contributed by atoms with Gasteiger partial charge in [0.2, 0.25) is 0 Å². The second kappa shape index (κ2) is 6.47. The van der Waals surface area contributed by atoms with Gasteiger partial charge in [0.15, 0.2) is 5.78 Å². The Morgan fingerprint density at radius 3 is 2.52 bits per heavy atom. The van der Waals surface area contributed by atoms with Gasteiger partial charge in [-0.15, -0.1) is 0 Å². The molecule has 1 aromatic carbocycles. The van der Waals surface area contributed by atoms with Gasteiger partial charge in [-0.3, -0.25) is 18.7 Å². The molecule has 0 unspecified atom stereocenters. The summed E-state index contributed by atoms with van der Waals surface area (Å²) in [6, 6.07) is 7.41. The SMILES string of the molecule is COc1cccc([C@@H]2C3=C(CC(C)(C)CC3=O)Nc3c2c(=O)n(C)c(=O)n3C)c1.